The largest absolute Gasteiger partial charge is 0.378 e. The summed E-state index contributed by atoms with van der Waals surface area (Å²) in [6.07, 6.45) is 10.2. The fourth-order valence-electron chi connectivity index (χ4n) is 3.08. The maximum atomic E-state index is 11.4. The van der Waals surface area contributed by atoms with Gasteiger partial charge in [-0.3, -0.25) is 0 Å². The summed E-state index contributed by atoms with van der Waals surface area (Å²) >= 11 is 0. The van der Waals surface area contributed by atoms with Gasteiger partial charge in [0.2, 0.25) is 9.05 Å². The van der Waals surface area contributed by atoms with Crippen LogP contribution in [0.4, 0.5) is 0 Å². The van der Waals surface area contributed by atoms with Crippen LogP contribution in [0.2, 0.25) is 0 Å². The first-order chi connectivity index (χ1) is 9.37. The number of rotatable bonds is 10. The molecule has 0 N–H and O–H groups in total. The van der Waals surface area contributed by atoms with E-state index in [9.17, 15) is 8.42 Å². The molecule has 0 aliphatic heterocycles. The van der Waals surface area contributed by atoms with E-state index in [4.69, 9.17) is 15.4 Å². The Morgan fingerprint density at radius 2 is 1.85 bits per heavy atom. The Kier molecular flexibility index (Phi) is 7.84. The minimum Gasteiger partial charge on any atom is -0.378 e. The van der Waals surface area contributed by atoms with Crippen molar-refractivity contribution in [2.24, 2.45) is 5.41 Å². The van der Waals surface area contributed by atoms with E-state index < -0.39 is 9.05 Å². The van der Waals surface area contributed by atoms with E-state index in [2.05, 4.69) is 13.8 Å². The molecule has 0 aromatic rings. The summed E-state index contributed by atoms with van der Waals surface area (Å²) in [5, 5.41) is 0. The van der Waals surface area contributed by atoms with Crippen molar-refractivity contribution in [3.05, 3.63) is 0 Å². The number of ether oxygens (including phenoxy) is 1. The second-order valence-electron chi connectivity index (χ2n) is 6.36. The standard InChI is InChI=1S/C15H29ClO3S/c1-3-4-5-6-9-14(2)19-12-15(10-7-8-11-15)13-20(16,17)18/h14H,3-13H2,1-2H3. The van der Waals surface area contributed by atoms with Crippen LogP contribution in [-0.4, -0.2) is 26.9 Å². The highest BCUT2D eigenvalue weighted by atomic mass is 35.7. The minimum absolute atomic E-state index is 0.0596. The average molecular weight is 325 g/mol. The molecule has 1 rings (SSSR count). The average Bonchev–Trinajstić information content (AvgIpc) is 2.79. The predicted octanol–water partition coefficient (Wildman–Crippen LogP) is 4.49. The SMILES string of the molecule is CCCCCCC(C)OCC1(CS(=O)(=O)Cl)CCCC1. The molecule has 0 aromatic heterocycles. The quantitative estimate of drug-likeness (QED) is 0.439. The van der Waals surface area contributed by atoms with Crippen molar-refractivity contribution in [3.63, 3.8) is 0 Å². The van der Waals surface area contributed by atoms with Crippen LogP contribution in [0, 0.1) is 5.41 Å². The Balaban J connectivity index is 2.35. The van der Waals surface area contributed by atoms with Crippen LogP contribution >= 0.6 is 10.7 Å². The molecule has 3 nitrogen and oxygen atoms in total. The highest BCUT2D eigenvalue weighted by Crippen LogP contribution is 2.40. The molecule has 1 aliphatic carbocycles. The first-order valence-corrected chi connectivity index (χ1v) is 10.4. The van der Waals surface area contributed by atoms with Crippen LogP contribution in [-0.2, 0) is 13.8 Å². The van der Waals surface area contributed by atoms with Gasteiger partial charge in [-0.25, -0.2) is 8.42 Å². The van der Waals surface area contributed by atoms with E-state index in [0.717, 1.165) is 32.1 Å². The Labute approximate surface area is 128 Å². The molecule has 120 valence electrons. The molecule has 0 saturated heterocycles. The fraction of sp³-hybridized carbons (Fsp3) is 1.00. The van der Waals surface area contributed by atoms with E-state index in [1.807, 2.05) is 0 Å². The van der Waals surface area contributed by atoms with E-state index in [0.29, 0.717) is 6.61 Å². The zero-order chi connectivity index (χ0) is 15.1. The van der Waals surface area contributed by atoms with Gasteiger partial charge in [-0.2, -0.15) is 0 Å². The van der Waals surface area contributed by atoms with Crippen LogP contribution in [0.5, 0.6) is 0 Å². The van der Waals surface area contributed by atoms with E-state index in [1.165, 1.54) is 25.7 Å². The van der Waals surface area contributed by atoms with Crippen molar-refractivity contribution in [2.75, 3.05) is 12.4 Å². The molecule has 0 aromatic carbocycles. The van der Waals surface area contributed by atoms with Crippen LogP contribution < -0.4 is 0 Å². The Hall–Kier alpha value is 0.200. The van der Waals surface area contributed by atoms with Gasteiger partial charge < -0.3 is 4.74 Å². The third-order valence-corrected chi connectivity index (χ3v) is 5.57. The summed E-state index contributed by atoms with van der Waals surface area (Å²) in [6, 6.07) is 0. The molecule has 0 spiro atoms. The lowest BCUT2D eigenvalue weighted by atomic mass is 9.90. The Morgan fingerprint density at radius 3 is 2.40 bits per heavy atom. The van der Waals surface area contributed by atoms with Crippen molar-refractivity contribution in [1.82, 2.24) is 0 Å². The van der Waals surface area contributed by atoms with E-state index in [1.54, 1.807) is 0 Å². The highest BCUT2D eigenvalue weighted by molar-refractivity contribution is 8.13. The molecule has 0 bridgehead atoms. The van der Waals surface area contributed by atoms with Gasteiger partial charge in [0, 0.05) is 16.1 Å². The predicted molar refractivity (Wildman–Crippen MR) is 84.7 cm³/mol. The van der Waals surface area contributed by atoms with Crippen LogP contribution in [0.25, 0.3) is 0 Å². The summed E-state index contributed by atoms with van der Waals surface area (Å²) in [7, 11) is 2.01. The summed E-state index contributed by atoms with van der Waals surface area (Å²) in [6.45, 7) is 4.83. The molecule has 1 aliphatic rings. The van der Waals surface area contributed by atoms with Crippen LogP contribution in [0.15, 0.2) is 0 Å². The molecule has 0 amide bonds. The highest BCUT2D eigenvalue weighted by Gasteiger charge is 2.38. The molecule has 1 atom stereocenters. The van der Waals surface area contributed by atoms with Crippen molar-refractivity contribution < 1.29 is 13.2 Å². The summed E-state index contributed by atoms with van der Waals surface area (Å²) in [5.74, 6) is 0.0596. The van der Waals surface area contributed by atoms with Gasteiger partial charge in [0.1, 0.15) is 0 Å². The second kappa shape index (κ2) is 8.60. The van der Waals surface area contributed by atoms with Gasteiger partial charge in [-0.05, 0) is 26.2 Å². The van der Waals surface area contributed by atoms with Crippen molar-refractivity contribution in [1.29, 1.82) is 0 Å². The summed E-state index contributed by atoms with van der Waals surface area (Å²) in [4.78, 5) is 0. The number of hydrogen-bond donors (Lipinski definition) is 0. The van der Waals surface area contributed by atoms with E-state index >= 15 is 0 Å². The lowest BCUT2D eigenvalue weighted by Crippen LogP contribution is -2.32. The second-order valence-corrected chi connectivity index (χ2v) is 9.14. The molecule has 5 heteroatoms. The molecule has 0 radical (unpaired) electrons. The maximum Gasteiger partial charge on any atom is 0.233 e. The van der Waals surface area contributed by atoms with Gasteiger partial charge in [0.25, 0.3) is 0 Å². The van der Waals surface area contributed by atoms with Crippen LogP contribution in [0.3, 0.4) is 0 Å². The van der Waals surface area contributed by atoms with Crippen molar-refractivity contribution in [2.45, 2.75) is 77.7 Å². The molecule has 20 heavy (non-hydrogen) atoms. The Morgan fingerprint density at radius 1 is 1.20 bits per heavy atom. The van der Waals surface area contributed by atoms with Crippen molar-refractivity contribution in [3.8, 4) is 0 Å². The smallest absolute Gasteiger partial charge is 0.233 e. The number of unbranched alkanes of at least 4 members (excludes halogenated alkanes) is 3. The normalized spacial score (nSPS) is 20.1. The molecule has 1 fully saturated rings. The topological polar surface area (TPSA) is 43.4 Å². The van der Waals surface area contributed by atoms with Crippen LogP contribution in [0.1, 0.15) is 71.6 Å². The molecular formula is C15H29ClO3S. The first-order valence-electron chi connectivity index (χ1n) is 7.91. The summed E-state index contributed by atoms with van der Waals surface area (Å²) in [5.41, 5.74) is -0.238. The zero-order valence-electron chi connectivity index (χ0n) is 12.9. The lowest BCUT2D eigenvalue weighted by Gasteiger charge is -2.29. The molecule has 1 unspecified atom stereocenters. The van der Waals surface area contributed by atoms with Gasteiger partial charge in [0.15, 0.2) is 0 Å². The molecule has 0 heterocycles. The van der Waals surface area contributed by atoms with Gasteiger partial charge in [-0.1, -0.05) is 45.4 Å². The monoisotopic (exact) mass is 324 g/mol. The maximum absolute atomic E-state index is 11.4. The first kappa shape index (κ1) is 18.2. The Bertz CT molecular complexity index is 361. The summed E-state index contributed by atoms with van der Waals surface area (Å²) < 4.78 is 28.7. The fourth-order valence-corrected chi connectivity index (χ4v) is 4.88. The number of halogens is 1. The van der Waals surface area contributed by atoms with Gasteiger partial charge in [0.05, 0.1) is 18.5 Å². The molecular weight excluding hydrogens is 296 g/mol. The van der Waals surface area contributed by atoms with E-state index in [-0.39, 0.29) is 17.3 Å². The third-order valence-electron chi connectivity index (χ3n) is 4.28. The van der Waals surface area contributed by atoms with Gasteiger partial charge in [-0.15, -0.1) is 0 Å². The minimum atomic E-state index is -3.45. The van der Waals surface area contributed by atoms with Gasteiger partial charge >= 0.3 is 0 Å². The third kappa shape index (κ3) is 7.28. The van der Waals surface area contributed by atoms with Crippen molar-refractivity contribution >= 4 is 19.7 Å². The number of hydrogen-bond acceptors (Lipinski definition) is 3. The lowest BCUT2D eigenvalue weighted by molar-refractivity contribution is 0.00433. The molecule has 1 saturated carbocycles. The zero-order valence-corrected chi connectivity index (χ0v) is 14.4.